The van der Waals surface area contributed by atoms with Gasteiger partial charge in [0.25, 0.3) is 0 Å². The molecule has 0 aliphatic carbocycles. The molecule has 0 saturated carbocycles. The first-order chi connectivity index (χ1) is 18.0. The van der Waals surface area contributed by atoms with Gasteiger partial charge in [0.1, 0.15) is 28.3 Å². The summed E-state index contributed by atoms with van der Waals surface area (Å²) < 4.78 is 64.2. The van der Waals surface area contributed by atoms with Crippen LogP contribution >= 0.6 is 10.6 Å². The van der Waals surface area contributed by atoms with Gasteiger partial charge in [-0.2, -0.15) is 10.6 Å². The molecule has 1 unspecified atom stereocenters. The number of hydrogen-bond acceptors (Lipinski definition) is 10. The maximum absolute atomic E-state index is 13.6. The van der Waals surface area contributed by atoms with Gasteiger partial charge < -0.3 is 9.47 Å². The number of methoxy groups -OCH3 is 2. The van der Waals surface area contributed by atoms with Crippen LogP contribution in [0, 0.1) is 6.92 Å². The molecule has 2 aromatic heterocycles. The molecule has 0 radical (unpaired) electrons. The first-order valence-corrected chi connectivity index (χ1v) is 15.5. The molecule has 38 heavy (non-hydrogen) atoms. The van der Waals surface area contributed by atoms with Gasteiger partial charge in [-0.15, -0.1) is 10.2 Å². The largest absolute Gasteiger partial charge is 0.494 e. The summed E-state index contributed by atoms with van der Waals surface area (Å²) in [5.41, 5.74) is 1.22. The zero-order chi connectivity index (χ0) is 27.7. The summed E-state index contributed by atoms with van der Waals surface area (Å²) in [7, 11) is -4.13. The molecule has 1 saturated heterocycles. The monoisotopic (exact) mass is 566 g/mol. The van der Waals surface area contributed by atoms with Gasteiger partial charge in [0.05, 0.1) is 19.5 Å². The lowest BCUT2D eigenvalue weighted by atomic mass is 10.1. The van der Waals surface area contributed by atoms with Crippen molar-refractivity contribution in [2.45, 2.75) is 56.5 Å². The minimum absolute atomic E-state index is 0.118. The van der Waals surface area contributed by atoms with Gasteiger partial charge in [-0.3, -0.25) is 18.4 Å². The molecule has 3 heterocycles. The highest BCUT2D eigenvalue weighted by atomic mass is 32.3. The minimum Gasteiger partial charge on any atom is -0.494 e. The number of aromatic nitrogens is 5. The SMILES string of the molecule is COc1cccc(OC)c1-n1c(NS(=O)(=O)[C@@H](C)[C@H](C)c2ncc(C)cn2)nnc1C1CCCCS1(O)O. The van der Waals surface area contributed by atoms with E-state index in [1.807, 2.05) is 6.92 Å². The molecule has 3 aromatic rings. The first kappa shape index (κ1) is 28.1. The van der Waals surface area contributed by atoms with E-state index in [1.54, 1.807) is 44.4 Å². The maximum atomic E-state index is 13.6. The van der Waals surface area contributed by atoms with Crippen LogP contribution in [-0.2, 0) is 10.0 Å². The zero-order valence-corrected chi connectivity index (χ0v) is 23.7. The molecule has 1 aromatic carbocycles. The van der Waals surface area contributed by atoms with Crippen LogP contribution in [0.1, 0.15) is 61.5 Å². The molecule has 3 N–H and O–H groups in total. The molecule has 0 bridgehead atoms. The number of anilines is 1. The van der Waals surface area contributed by atoms with Crippen molar-refractivity contribution in [2.75, 3.05) is 24.7 Å². The summed E-state index contributed by atoms with van der Waals surface area (Å²) >= 11 is 0. The Hall–Kier alpha value is -2.94. The number of nitrogens with zero attached hydrogens (tertiary/aromatic N) is 5. The lowest BCUT2D eigenvalue weighted by Crippen LogP contribution is -2.31. The molecule has 208 valence electrons. The van der Waals surface area contributed by atoms with E-state index in [1.165, 1.54) is 18.8 Å². The van der Waals surface area contributed by atoms with Crippen LogP contribution in [0.25, 0.3) is 5.69 Å². The average molecular weight is 567 g/mol. The molecule has 4 rings (SSSR count). The third-order valence-corrected chi connectivity index (χ3v) is 11.0. The molecule has 3 atom stereocenters. The van der Waals surface area contributed by atoms with Crippen LogP contribution < -0.4 is 14.2 Å². The number of benzene rings is 1. The standard InChI is InChI=1S/C24H34N6O6S2/c1-15-13-25-22(26-14-15)16(2)17(3)38(33,34)29-24-28-27-23(20-11-6-7-12-37(20,31)32)30(24)21-18(35-4)9-8-10-19(21)36-5/h8-10,13-14,16-17,20,31-32H,6-7,11-12H2,1-5H3,(H,28,29)/t16-,17-,20?/m0/s1. The van der Waals surface area contributed by atoms with Gasteiger partial charge in [0.15, 0.2) is 5.82 Å². The van der Waals surface area contributed by atoms with Crippen LogP contribution in [0.15, 0.2) is 30.6 Å². The Kier molecular flexibility index (Phi) is 8.16. The Morgan fingerprint density at radius 3 is 2.29 bits per heavy atom. The third-order valence-electron chi connectivity index (χ3n) is 6.85. The molecule has 12 nitrogen and oxygen atoms in total. The number of nitrogens with one attached hydrogen (secondary N) is 1. The van der Waals surface area contributed by atoms with E-state index >= 15 is 0 Å². The summed E-state index contributed by atoms with van der Waals surface area (Å²) in [4.78, 5) is 8.58. The number of aryl methyl sites for hydroxylation is 1. The van der Waals surface area contributed by atoms with Crippen molar-refractivity contribution >= 4 is 26.6 Å². The van der Waals surface area contributed by atoms with Crippen molar-refractivity contribution in [3.05, 3.63) is 47.8 Å². The van der Waals surface area contributed by atoms with E-state index in [9.17, 15) is 17.5 Å². The summed E-state index contributed by atoms with van der Waals surface area (Å²) in [6.07, 6.45) is 5.20. The molecule has 1 aliphatic rings. The molecule has 14 heteroatoms. The average Bonchev–Trinajstić information content (AvgIpc) is 3.28. The summed E-state index contributed by atoms with van der Waals surface area (Å²) in [6, 6.07) is 5.12. The van der Waals surface area contributed by atoms with Gasteiger partial charge in [-0.05, 0) is 50.8 Å². The van der Waals surface area contributed by atoms with Gasteiger partial charge in [0.2, 0.25) is 16.0 Å². The van der Waals surface area contributed by atoms with Gasteiger partial charge in [-0.25, -0.2) is 18.4 Å². The van der Waals surface area contributed by atoms with Crippen molar-refractivity contribution in [1.29, 1.82) is 0 Å². The van der Waals surface area contributed by atoms with E-state index < -0.39 is 37.0 Å². The van der Waals surface area contributed by atoms with Crippen LogP contribution in [0.4, 0.5) is 5.95 Å². The lowest BCUT2D eigenvalue weighted by molar-refractivity contribution is 0.389. The number of rotatable bonds is 9. The van der Waals surface area contributed by atoms with Crippen LogP contribution in [0.3, 0.4) is 0 Å². The number of sulfonamides is 1. The second kappa shape index (κ2) is 11.0. The van der Waals surface area contributed by atoms with Gasteiger partial charge in [-0.1, -0.05) is 13.0 Å². The maximum Gasteiger partial charge on any atom is 0.243 e. The molecular weight excluding hydrogens is 532 g/mol. The zero-order valence-electron chi connectivity index (χ0n) is 22.0. The van der Waals surface area contributed by atoms with E-state index in [0.717, 1.165) is 12.0 Å². The highest BCUT2D eigenvalue weighted by Gasteiger charge is 2.38. The van der Waals surface area contributed by atoms with E-state index in [0.29, 0.717) is 35.9 Å². The fraction of sp³-hybridized carbons (Fsp3) is 0.500. The minimum atomic E-state index is -4.04. The number of para-hydroxylation sites is 1. The Bertz CT molecular complexity index is 1360. The fourth-order valence-electron chi connectivity index (χ4n) is 4.45. The molecule has 0 spiro atoms. The highest BCUT2D eigenvalue weighted by Crippen LogP contribution is 2.59. The van der Waals surface area contributed by atoms with Crippen molar-refractivity contribution in [3.63, 3.8) is 0 Å². The smallest absolute Gasteiger partial charge is 0.243 e. The fourth-order valence-corrected chi connectivity index (χ4v) is 7.63. The summed E-state index contributed by atoms with van der Waals surface area (Å²) in [5, 5.41) is 6.76. The Morgan fingerprint density at radius 1 is 1.08 bits per heavy atom. The second-order valence-corrected chi connectivity index (χ2v) is 13.8. The van der Waals surface area contributed by atoms with E-state index in [4.69, 9.17) is 9.47 Å². The van der Waals surface area contributed by atoms with Gasteiger partial charge >= 0.3 is 0 Å². The third kappa shape index (κ3) is 5.44. The molecule has 1 aliphatic heterocycles. The summed E-state index contributed by atoms with van der Waals surface area (Å²) in [5.74, 6) is 0.938. The topological polar surface area (TPSA) is 162 Å². The van der Waals surface area contributed by atoms with Crippen LogP contribution in [0.5, 0.6) is 11.5 Å². The van der Waals surface area contributed by atoms with Crippen LogP contribution in [0.2, 0.25) is 0 Å². The first-order valence-electron chi connectivity index (χ1n) is 12.2. The summed E-state index contributed by atoms with van der Waals surface area (Å²) in [6.45, 7) is 5.17. The Labute approximate surface area is 224 Å². The molecular formula is C24H34N6O6S2. The Balaban J connectivity index is 1.82. The number of ether oxygens (including phenoxy) is 2. The lowest BCUT2D eigenvalue weighted by Gasteiger charge is -2.43. The van der Waals surface area contributed by atoms with Crippen LogP contribution in [-0.4, -0.2) is 67.5 Å². The second-order valence-electron chi connectivity index (χ2n) is 9.39. The predicted octanol–water partition coefficient (Wildman–Crippen LogP) is 4.29. The van der Waals surface area contributed by atoms with Crippen molar-refractivity contribution in [2.24, 2.45) is 0 Å². The van der Waals surface area contributed by atoms with Crippen molar-refractivity contribution in [3.8, 4) is 17.2 Å². The van der Waals surface area contributed by atoms with E-state index in [2.05, 4.69) is 24.9 Å². The normalized spacial score (nSPS) is 19.8. The number of hydrogen-bond donors (Lipinski definition) is 3. The molecule has 0 amide bonds. The van der Waals surface area contributed by atoms with Gasteiger partial charge in [0, 0.05) is 24.1 Å². The predicted molar refractivity (Wildman–Crippen MR) is 146 cm³/mol. The van der Waals surface area contributed by atoms with Crippen molar-refractivity contribution in [1.82, 2.24) is 24.7 Å². The highest BCUT2D eigenvalue weighted by molar-refractivity contribution is 8.24. The quantitative estimate of drug-likeness (QED) is 0.341. The van der Waals surface area contributed by atoms with Crippen molar-refractivity contribution < 1.29 is 27.0 Å². The Morgan fingerprint density at radius 2 is 1.71 bits per heavy atom. The molecule has 1 fully saturated rings. The van der Waals surface area contributed by atoms with E-state index in [-0.39, 0.29) is 17.5 Å².